The maximum atomic E-state index is 8.80. The molecule has 0 saturated carbocycles. The summed E-state index contributed by atoms with van der Waals surface area (Å²) in [5.41, 5.74) is 2.43. The Morgan fingerprint density at radius 3 is 2.29 bits per heavy atom. The van der Waals surface area contributed by atoms with Crippen molar-refractivity contribution in [2.75, 3.05) is 27.9 Å². The molecule has 0 aliphatic rings. The summed E-state index contributed by atoms with van der Waals surface area (Å²) in [6, 6.07) is 13.5. The summed E-state index contributed by atoms with van der Waals surface area (Å²) in [4.78, 5) is 4.62. The molecule has 0 radical (unpaired) electrons. The highest BCUT2D eigenvalue weighted by Gasteiger charge is 2.19. The minimum atomic E-state index is 0.413. The number of hydrogen-bond donors (Lipinski definition) is 0. The van der Waals surface area contributed by atoms with Gasteiger partial charge < -0.3 is 18.9 Å². The van der Waals surface area contributed by atoms with Crippen molar-refractivity contribution in [1.82, 2.24) is 4.98 Å². The van der Waals surface area contributed by atoms with E-state index >= 15 is 0 Å². The number of fused-ring (bicyclic) bond motifs is 1. The topological polar surface area (TPSA) is 73.6 Å². The van der Waals surface area contributed by atoms with E-state index in [2.05, 4.69) is 11.1 Å². The van der Waals surface area contributed by atoms with Crippen molar-refractivity contribution in [1.29, 1.82) is 5.26 Å². The lowest BCUT2D eigenvalue weighted by Gasteiger charge is -2.17. The first-order chi connectivity index (χ1) is 13.7. The van der Waals surface area contributed by atoms with Gasteiger partial charge in [0.15, 0.2) is 0 Å². The minimum Gasteiger partial charge on any atom is -0.497 e. The van der Waals surface area contributed by atoms with Gasteiger partial charge in [0.05, 0.1) is 39.4 Å². The molecular weight excluding hydrogens is 356 g/mol. The van der Waals surface area contributed by atoms with Crippen LogP contribution in [0.2, 0.25) is 0 Å². The molecule has 2 aromatic carbocycles. The van der Waals surface area contributed by atoms with Gasteiger partial charge in [-0.15, -0.1) is 0 Å². The van der Waals surface area contributed by atoms with E-state index in [9.17, 15) is 0 Å². The van der Waals surface area contributed by atoms with Crippen molar-refractivity contribution in [3.8, 4) is 40.2 Å². The fourth-order valence-electron chi connectivity index (χ4n) is 3.01. The van der Waals surface area contributed by atoms with Crippen LogP contribution in [0.3, 0.4) is 0 Å². The van der Waals surface area contributed by atoms with Gasteiger partial charge in [-0.2, -0.15) is 5.26 Å². The lowest BCUT2D eigenvalue weighted by Crippen LogP contribution is -2.02. The molecule has 1 heterocycles. The highest BCUT2D eigenvalue weighted by molar-refractivity contribution is 5.99. The van der Waals surface area contributed by atoms with E-state index in [-0.39, 0.29) is 0 Å². The molecule has 1 aromatic heterocycles. The molecule has 6 heteroatoms. The quantitative estimate of drug-likeness (QED) is 0.533. The summed E-state index contributed by atoms with van der Waals surface area (Å²) in [6.07, 6.45) is 2.84. The Bertz CT molecular complexity index is 994. The zero-order chi connectivity index (χ0) is 19.9. The highest BCUT2D eigenvalue weighted by Crippen LogP contribution is 2.43. The minimum absolute atomic E-state index is 0.413. The molecule has 3 aromatic rings. The predicted molar refractivity (Wildman–Crippen MR) is 107 cm³/mol. The van der Waals surface area contributed by atoms with Crippen molar-refractivity contribution in [3.63, 3.8) is 0 Å². The molecular formula is C22H22N2O4. The number of pyridine rings is 1. The van der Waals surface area contributed by atoms with Crippen molar-refractivity contribution in [2.24, 2.45) is 0 Å². The van der Waals surface area contributed by atoms with Gasteiger partial charge in [0.25, 0.3) is 0 Å². The molecule has 0 amide bonds. The Hall–Kier alpha value is -3.46. The standard InChI is InChI=1S/C22H22N2O4/c1-25-16-8-6-15(7-9-16)17-14-24-21-19(27-3)11-10-18(26-2)20(21)22(17)28-13-5-4-12-23/h6-11,14H,4-5,13H2,1-3H3. The SMILES string of the molecule is COc1ccc(-c2cnc3c(OC)ccc(OC)c3c2OCCCC#N)cc1. The first kappa shape index (κ1) is 19.3. The molecule has 6 nitrogen and oxygen atoms in total. The van der Waals surface area contributed by atoms with Gasteiger partial charge in [0.1, 0.15) is 28.5 Å². The Kier molecular flexibility index (Phi) is 6.18. The van der Waals surface area contributed by atoms with Crippen LogP contribution in [0.25, 0.3) is 22.0 Å². The molecule has 28 heavy (non-hydrogen) atoms. The third-order valence-corrected chi connectivity index (χ3v) is 4.42. The van der Waals surface area contributed by atoms with Crippen LogP contribution in [0.1, 0.15) is 12.8 Å². The second-order valence-corrected chi connectivity index (χ2v) is 6.03. The van der Waals surface area contributed by atoms with Gasteiger partial charge in [-0.3, -0.25) is 4.98 Å². The molecule has 0 bridgehead atoms. The lowest BCUT2D eigenvalue weighted by molar-refractivity contribution is 0.316. The van der Waals surface area contributed by atoms with E-state index in [4.69, 9.17) is 24.2 Å². The van der Waals surface area contributed by atoms with E-state index < -0.39 is 0 Å². The van der Waals surface area contributed by atoms with Gasteiger partial charge in [-0.05, 0) is 36.2 Å². The second-order valence-electron chi connectivity index (χ2n) is 6.03. The largest absolute Gasteiger partial charge is 0.497 e. The average Bonchev–Trinajstić information content (AvgIpc) is 2.75. The molecule has 3 rings (SSSR count). The maximum absolute atomic E-state index is 8.80. The smallest absolute Gasteiger partial charge is 0.145 e. The van der Waals surface area contributed by atoms with Gasteiger partial charge in [-0.1, -0.05) is 12.1 Å². The first-order valence-electron chi connectivity index (χ1n) is 8.91. The molecule has 0 N–H and O–H groups in total. The van der Waals surface area contributed by atoms with Crippen LogP contribution >= 0.6 is 0 Å². The van der Waals surface area contributed by atoms with Crippen LogP contribution in [-0.4, -0.2) is 32.9 Å². The summed E-state index contributed by atoms with van der Waals surface area (Å²) in [7, 11) is 4.85. The number of nitrogens with zero attached hydrogens (tertiary/aromatic N) is 2. The van der Waals surface area contributed by atoms with Gasteiger partial charge in [-0.25, -0.2) is 0 Å². The molecule has 0 aliphatic heterocycles. The molecule has 0 unspecified atom stereocenters. The zero-order valence-corrected chi connectivity index (χ0v) is 16.2. The first-order valence-corrected chi connectivity index (χ1v) is 8.91. The normalized spacial score (nSPS) is 10.4. The number of rotatable bonds is 8. The van der Waals surface area contributed by atoms with Gasteiger partial charge in [0.2, 0.25) is 0 Å². The summed E-state index contributed by atoms with van der Waals surface area (Å²) < 4.78 is 22.4. The Morgan fingerprint density at radius 2 is 1.64 bits per heavy atom. The molecule has 0 aliphatic carbocycles. The van der Waals surface area contributed by atoms with Gasteiger partial charge in [0, 0.05) is 18.2 Å². The van der Waals surface area contributed by atoms with E-state index in [0.29, 0.717) is 42.2 Å². The second kappa shape index (κ2) is 8.96. The highest BCUT2D eigenvalue weighted by atomic mass is 16.5. The summed E-state index contributed by atoms with van der Waals surface area (Å²) >= 11 is 0. The Balaban J connectivity index is 2.19. The van der Waals surface area contributed by atoms with E-state index in [1.165, 1.54) is 0 Å². The number of nitriles is 1. The summed E-state index contributed by atoms with van der Waals surface area (Å²) in [5.74, 6) is 2.71. The van der Waals surface area contributed by atoms with Crippen molar-refractivity contribution in [2.45, 2.75) is 12.8 Å². The van der Waals surface area contributed by atoms with Crippen molar-refractivity contribution < 1.29 is 18.9 Å². The number of hydrogen-bond acceptors (Lipinski definition) is 6. The van der Waals surface area contributed by atoms with Crippen molar-refractivity contribution >= 4 is 10.9 Å². The molecule has 0 saturated heterocycles. The third-order valence-electron chi connectivity index (χ3n) is 4.42. The van der Waals surface area contributed by atoms with E-state index in [1.807, 2.05) is 36.4 Å². The Labute approximate surface area is 164 Å². The average molecular weight is 378 g/mol. The number of ether oxygens (including phenoxy) is 4. The van der Waals surface area contributed by atoms with Crippen LogP contribution in [0.15, 0.2) is 42.6 Å². The number of aromatic nitrogens is 1. The number of benzene rings is 2. The van der Waals surface area contributed by atoms with Crippen LogP contribution in [0, 0.1) is 11.3 Å². The monoisotopic (exact) mass is 378 g/mol. The summed E-state index contributed by atoms with van der Waals surface area (Å²) in [5, 5.41) is 9.55. The van der Waals surface area contributed by atoms with Crippen LogP contribution in [0.4, 0.5) is 0 Å². The molecule has 144 valence electrons. The number of methoxy groups -OCH3 is 3. The predicted octanol–water partition coefficient (Wildman–Crippen LogP) is 4.61. The number of unbranched alkanes of at least 4 members (excludes halogenated alkanes) is 1. The summed E-state index contributed by atoms with van der Waals surface area (Å²) in [6.45, 7) is 0.413. The maximum Gasteiger partial charge on any atom is 0.145 e. The third kappa shape index (κ3) is 3.79. The van der Waals surface area contributed by atoms with Crippen LogP contribution in [0.5, 0.6) is 23.0 Å². The molecule has 0 atom stereocenters. The Morgan fingerprint density at radius 1 is 0.929 bits per heavy atom. The zero-order valence-electron chi connectivity index (χ0n) is 16.2. The van der Waals surface area contributed by atoms with E-state index in [1.54, 1.807) is 27.5 Å². The molecule has 0 fully saturated rings. The molecule has 0 spiro atoms. The fourth-order valence-corrected chi connectivity index (χ4v) is 3.01. The lowest BCUT2D eigenvalue weighted by atomic mass is 10.0. The van der Waals surface area contributed by atoms with E-state index in [0.717, 1.165) is 22.3 Å². The fraction of sp³-hybridized carbons (Fsp3) is 0.273. The van der Waals surface area contributed by atoms with Gasteiger partial charge >= 0.3 is 0 Å². The van der Waals surface area contributed by atoms with Crippen molar-refractivity contribution in [3.05, 3.63) is 42.6 Å². The van der Waals surface area contributed by atoms with Crippen LogP contribution in [-0.2, 0) is 0 Å². The van der Waals surface area contributed by atoms with Crippen LogP contribution < -0.4 is 18.9 Å².